The van der Waals surface area contributed by atoms with Crippen molar-refractivity contribution in [2.45, 2.75) is 6.92 Å². The Balaban J connectivity index is 1.49. The highest BCUT2D eigenvalue weighted by molar-refractivity contribution is 5.96. The highest BCUT2D eigenvalue weighted by atomic mass is 16.5. The molecule has 9 nitrogen and oxygen atoms in total. The predicted octanol–water partition coefficient (Wildman–Crippen LogP) is 4.07. The number of fused-ring (bicyclic) bond motifs is 2. The van der Waals surface area contributed by atoms with Crippen LogP contribution in [-0.4, -0.2) is 46.8 Å². The zero-order valence-electron chi connectivity index (χ0n) is 17.4. The average molecular weight is 422 g/mol. The lowest BCUT2D eigenvalue weighted by atomic mass is 10.1. The molecule has 6 aromatic heterocycles. The van der Waals surface area contributed by atoms with E-state index in [1.807, 2.05) is 48.3 Å². The Bertz CT molecular complexity index is 1590. The molecule has 0 bridgehead atoms. The molecule has 0 atom stereocenters. The van der Waals surface area contributed by atoms with Gasteiger partial charge in [-0.15, -0.1) is 0 Å². The normalized spacial score (nSPS) is 11.4. The highest BCUT2D eigenvalue weighted by Gasteiger charge is 2.16. The van der Waals surface area contributed by atoms with E-state index in [2.05, 4.69) is 36.2 Å². The van der Waals surface area contributed by atoms with Gasteiger partial charge in [-0.3, -0.25) is 15.1 Å². The molecular weight excluding hydrogens is 404 g/mol. The van der Waals surface area contributed by atoms with E-state index in [9.17, 15) is 0 Å². The number of rotatable bonds is 4. The minimum atomic E-state index is 0.683. The number of ether oxygens (including phenoxy) is 1. The van der Waals surface area contributed by atoms with Crippen LogP contribution in [0.5, 0.6) is 5.75 Å². The zero-order valence-corrected chi connectivity index (χ0v) is 17.4. The third-order valence-corrected chi connectivity index (χ3v) is 5.42. The standard InChI is InChI=1S/C23H18N8O/c1-13-11-31(12-26-13)21-10-25-9-20-16(21)6-19(27-20)23-22-18(29-30-23)4-3-17(28-22)14-5-15(32-2)8-24-7-14/h3-12,27H,1-2H3,(H,29,30). The molecule has 0 aliphatic rings. The molecule has 6 aromatic rings. The molecular formula is C23H18N8O. The zero-order chi connectivity index (χ0) is 21.7. The van der Waals surface area contributed by atoms with Crippen molar-refractivity contribution in [2.75, 3.05) is 7.11 Å². The van der Waals surface area contributed by atoms with Crippen LogP contribution in [0.25, 0.3) is 50.3 Å². The average Bonchev–Trinajstić information content (AvgIpc) is 3.55. The summed E-state index contributed by atoms with van der Waals surface area (Å²) in [4.78, 5) is 21.3. The van der Waals surface area contributed by atoms with Crippen molar-refractivity contribution in [3.63, 3.8) is 0 Å². The Hall–Kier alpha value is -4.53. The lowest BCUT2D eigenvalue weighted by Crippen LogP contribution is -1.91. The van der Waals surface area contributed by atoms with Crippen LogP contribution in [0.15, 0.2) is 61.6 Å². The molecule has 2 N–H and O–H groups in total. The molecule has 9 heteroatoms. The summed E-state index contributed by atoms with van der Waals surface area (Å²) >= 11 is 0. The van der Waals surface area contributed by atoms with E-state index in [-0.39, 0.29) is 0 Å². The largest absolute Gasteiger partial charge is 0.495 e. The summed E-state index contributed by atoms with van der Waals surface area (Å²) in [6.45, 7) is 1.96. The highest BCUT2D eigenvalue weighted by Crippen LogP contribution is 2.31. The van der Waals surface area contributed by atoms with E-state index < -0.39 is 0 Å². The topological polar surface area (TPSA) is 110 Å². The lowest BCUT2D eigenvalue weighted by Gasteiger charge is -2.04. The maximum atomic E-state index is 5.30. The Labute approximate surface area is 182 Å². The fourth-order valence-electron chi connectivity index (χ4n) is 3.84. The number of nitrogens with zero attached hydrogens (tertiary/aromatic N) is 6. The second-order valence-electron chi connectivity index (χ2n) is 7.50. The van der Waals surface area contributed by atoms with Crippen LogP contribution in [0.1, 0.15) is 5.69 Å². The Morgan fingerprint density at radius 1 is 1.00 bits per heavy atom. The number of aromatic nitrogens is 8. The van der Waals surface area contributed by atoms with Crippen molar-refractivity contribution < 1.29 is 4.74 Å². The van der Waals surface area contributed by atoms with Gasteiger partial charge in [0.1, 0.15) is 17.0 Å². The molecule has 6 heterocycles. The van der Waals surface area contributed by atoms with Crippen LogP contribution >= 0.6 is 0 Å². The smallest absolute Gasteiger partial charge is 0.137 e. The minimum Gasteiger partial charge on any atom is -0.495 e. The molecule has 0 aliphatic carbocycles. The summed E-state index contributed by atoms with van der Waals surface area (Å²) in [5.74, 6) is 0.683. The summed E-state index contributed by atoms with van der Waals surface area (Å²) in [7, 11) is 1.62. The van der Waals surface area contributed by atoms with E-state index in [1.165, 1.54) is 0 Å². The van der Waals surface area contributed by atoms with Gasteiger partial charge < -0.3 is 14.3 Å². The quantitative estimate of drug-likeness (QED) is 0.443. The van der Waals surface area contributed by atoms with Gasteiger partial charge in [0.2, 0.25) is 0 Å². The Morgan fingerprint density at radius 2 is 1.91 bits per heavy atom. The first-order chi connectivity index (χ1) is 15.7. The van der Waals surface area contributed by atoms with Gasteiger partial charge in [0.15, 0.2) is 0 Å². The molecule has 6 rings (SSSR count). The number of hydrogen-bond acceptors (Lipinski definition) is 6. The number of methoxy groups -OCH3 is 1. The molecule has 0 aliphatic heterocycles. The molecule has 0 spiro atoms. The van der Waals surface area contributed by atoms with Gasteiger partial charge >= 0.3 is 0 Å². The van der Waals surface area contributed by atoms with Crippen LogP contribution in [-0.2, 0) is 0 Å². The molecule has 0 aromatic carbocycles. The summed E-state index contributed by atoms with van der Waals surface area (Å²) in [6, 6.07) is 7.89. The Morgan fingerprint density at radius 3 is 2.75 bits per heavy atom. The monoisotopic (exact) mass is 422 g/mol. The first-order valence-electron chi connectivity index (χ1n) is 10.0. The van der Waals surface area contributed by atoms with Crippen molar-refractivity contribution in [1.82, 2.24) is 39.7 Å². The van der Waals surface area contributed by atoms with Crippen LogP contribution in [0.4, 0.5) is 0 Å². The van der Waals surface area contributed by atoms with Crippen LogP contribution in [0, 0.1) is 6.92 Å². The number of imidazole rings is 1. The molecule has 0 amide bonds. The summed E-state index contributed by atoms with van der Waals surface area (Å²) < 4.78 is 7.27. The fraction of sp³-hybridized carbons (Fsp3) is 0.0870. The number of pyridine rings is 3. The number of aromatic amines is 2. The van der Waals surface area contributed by atoms with Crippen molar-refractivity contribution in [3.8, 4) is 34.1 Å². The van der Waals surface area contributed by atoms with Crippen molar-refractivity contribution in [1.29, 1.82) is 0 Å². The van der Waals surface area contributed by atoms with E-state index in [0.29, 0.717) is 5.75 Å². The molecule has 156 valence electrons. The molecule has 0 fully saturated rings. The van der Waals surface area contributed by atoms with E-state index >= 15 is 0 Å². The van der Waals surface area contributed by atoms with E-state index in [1.54, 1.807) is 25.8 Å². The van der Waals surface area contributed by atoms with Crippen molar-refractivity contribution >= 4 is 21.9 Å². The summed E-state index contributed by atoms with van der Waals surface area (Å²) in [5.41, 5.74) is 7.67. The lowest BCUT2D eigenvalue weighted by molar-refractivity contribution is 0.413. The van der Waals surface area contributed by atoms with Gasteiger partial charge in [-0.2, -0.15) is 5.10 Å². The molecule has 0 unspecified atom stereocenters. The van der Waals surface area contributed by atoms with Crippen molar-refractivity contribution in [3.05, 3.63) is 67.3 Å². The minimum absolute atomic E-state index is 0.683. The van der Waals surface area contributed by atoms with E-state index in [0.717, 1.165) is 56.0 Å². The van der Waals surface area contributed by atoms with Gasteiger partial charge in [0.05, 0.1) is 65.8 Å². The van der Waals surface area contributed by atoms with Crippen LogP contribution in [0.2, 0.25) is 0 Å². The second kappa shape index (κ2) is 7.02. The molecule has 32 heavy (non-hydrogen) atoms. The Kier molecular flexibility index (Phi) is 4.00. The summed E-state index contributed by atoms with van der Waals surface area (Å²) in [6.07, 6.45) is 10.8. The maximum Gasteiger partial charge on any atom is 0.137 e. The SMILES string of the molecule is COc1cncc(-c2ccc3[nH]nc(-c4cc5c(-n6cnc(C)c6)cncc5[nH]4)c3n2)c1. The molecule has 0 radical (unpaired) electrons. The first kappa shape index (κ1) is 18.3. The predicted molar refractivity (Wildman–Crippen MR) is 121 cm³/mol. The van der Waals surface area contributed by atoms with Gasteiger partial charge in [-0.25, -0.2) is 9.97 Å². The molecule has 0 saturated carbocycles. The number of aryl methyl sites for hydroxylation is 1. The van der Waals surface area contributed by atoms with Gasteiger partial charge in [0, 0.05) is 23.3 Å². The number of nitrogens with one attached hydrogen (secondary N) is 2. The summed E-state index contributed by atoms with van der Waals surface area (Å²) in [5, 5.41) is 8.64. The number of H-pyrrole nitrogens is 2. The third kappa shape index (κ3) is 2.90. The first-order valence-corrected chi connectivity index (χ1v) is 10.0. The van der Waals surface area contributed by atoms with E-state index in [4.69, 9.17) is 9.72 Å². The second-order valence-corrected chi connectivity index (χ2v) is 7.50. The van der Waals surface area contributed by atoms with Gasteiger partial charge in [-0.05, 0) is 31.2 Å². The van der Waals surface area contributed by atoms with Crippen molar-refractivity contribution in [2.24, 2.45) is 0 Å². The van der Waals surface area contributed by atoms with Gasteiger partial charge in [0.25, 0.3) is 0 Å². The third-order valence-electron chi connectivity index (χ3n) is 5.42. The molecule has 0 saturated heterocycles. The van der Waals surface area contributed by atoms with Crippen LogP contribution < -0.4 is 4.74 Å². The van der Waals surface area contributed by atoms with Crippen LogP contribution in [0.3, 0.4) is 0 Å². The maximum absolute atomic E-state index is 5.30. The number of hydrogen-bond donors (Lipinski definition) is 2. The van der Waals surface area contributed by atoms with Gasteiger partial charge in [-0.1, -0.05) is 0 Å². The fourth-order valence-corrected chi connectivity index (χ4v) is 3.84.